The molecular formula is C12H15FN2. The van der Waals surface area contributed by atoms with E-state index < -0.39 is 0 Å². The molecular weight excluding hydrogens is 191 g/mol. The van der Waals surface area contributed by atoms with Gasteiger partial charge in [0.25, 0.3) is 0 Å². The van der Waals surface area contributed by atoms with Crippen LogP contribution in [0.3, 0.4) is 0 Å². The number of anilines is 1. The fourth-order valence-corrected chi connectivity index (χ4v) is 2.46. The van der Waals surface area contributed by atoms with E-state index >= 15 is 0 Å². The minimum atomic E-state index is -0.154. The zero-order valence-corrected chi connectivity index (χ0v) is 8.67. The summed E-state index contributed by atoms with van der Waals surface area (Å²) >= 11 is 0. The van der Waals surface area contributed by atoms with Crippen LogP contribution in [-0.2, 0) is 0 Å². The van der Waals surface area contributed by atoms with E-state index in [1.54, 1.807) is 12.1 Å². The second kappa shape index (κ2) is 3.20. The van der Waals surface area contributed by atoms with E-state index in [0.717, 1.165) is 25.3 Å². The Balaban J connectivity index is 1.89. The van der Waals surface area contributed by atoms with Gasteiger partial charge >= 0.3 is 0 Å². The topological polar surface area (TPSA) is 15.3 Å². The largest absolute Gasteiger partial charge is 0.363 e. The predicted octanol–water partition coefficient (Wildman–Crippen LogP) is 1.77. The van der Waals surface area contributed by atoms with Crippen molar-refractivity contribution in [1.82, 2.24) is 5.32 Å². The lowest BCUT2D eigenvalue weighted by Gasteiger charge is -2.38. The van der Waals surface area contributed by atoms with Crippen LogP contribution in [0.15, 0.2) is 24.3 Å². The molecule has 3 heteroatoms. The zero-order valence-electron chi connectivity index (χ0n) is 8.67. The van der Waals surface area contributed by atoms with E-state index in [-0.39, 0.29) is 5.82 Å². The molecule has 1 N–H and O–H groups in total. The van der Waals surface area contributed by atoms with Crippen LogP contribution >= 0.6 is 0 Å². The molecule has 2 aliphatic rings. The second-order valence-electron chi connectivity index (χ2n) is 4.53. The van der Waals surface area contributed by atoms with E-state index in [1.165, 1.54) is 12.8 Å². The van der Waals surface area contributed by atoms with Crippen LogP contribution < -0.4 is 10.2 Å². The second-order valence-corrected chi connectivity index (χ2v) is 4.53. The number of hydrogen-bond acceptors (Lipinski definition) is 2. The molecule has 1 saturated carbocycles. The van der Waals surface area contributed by atoms with Gasteiger partial charge in [-0.15, -0.1) is 0 Å². The quantitative estimate of drug-likeness (QED) is 0.753. The van der Waals surface area contributed by atoms with Gasteiger partial charge in [-0.3, -0.25) is 0 Å². The van der Waals surface area contributed by atoms with Crippen molar-refractivity contribution in [2.24, 2.45) is 0 Å². The summed E-state index contributed by atoms with van der Waals surface area (Å²) in [5.74, 6) is -0.154. The molecule has 1 aliphatic heterocycles. The molecule has 2 fully saturated rings. The van der Waals surface area contributed by atoms with E-state index in [1.807, 2.05) is 12.1 Å². The predicted molar refractivity (Wildman–Crippen MR) is 58.6 cm³/mol. The molecule has 0 amide bonds. The Morgan fingerprint density at radius 3 is 2.60 bits per heavy atom. The average Bonchev–Trinajstić information content (AvgIpc) is 3.01. The van der Waals surface area contributed by atoms with Gasteiger partial charge in [-0.1, -0.05) is 0 Å². The maximum atomic E-state index is 12.8. The fraction of sp³-hybridized carbons (Fsp3) is 0.500. The third-order valence-electron chi connectivity index (χ3n) is 3.50. The lowest BCUT2D eigenvalue weighted by atomic mass is 10.1. The number of nitrogens with zero attached hydrogens (tertiary/aromatic N) is 1. The molecule has 0 bridgehead atoms. The van der Waals surface area contributed by atoms with E-state index in [4.69, 9.17) is 0 Å². The maximum Gasteiger partial charge on any atom is 0.123 e. The van der Waals surface area contributed by atoms with Crippen molar-refractivity contribution < 1.29 is 4.39 Å². The Morgan fingerprint density at radius 2 is 1.93 bits per heavy atom. The number of rotatable bonds is 1. The van der Waals surface area contributed by atoms with Gasteiger partial charge in [-0.05, 0) is 37.1 Å². The number of halogens is 1. The molecule has 1 heterocycles. The zero-order chi connectivity index (χ0) is 10.3. The standard InChI is InChI=1S/C12H15FN2/c13-10-1-3-11(4-2-10)15-8-7-14-9-12(15)5-6-12/h1-4,14H,5-9H2. The van der Waals surface area contributed by atoms with Crippen LogP contribution in [0.4, 0.5) is 10.1 Å². The van der Waals surface area contributed by atoms with Gasteiger partial charge in [0, 0.05) is 25.3 Å². The lowest BCUT2D eigenvalue weighted by molar-refractivity contribution is 0.463. The fourth-order valence-electron chi connectivity index (χ4n) is 2.46. The number of hydrogen-bond donors (Lipinski definition) is 1. The first kappa shape index (κ1) is 9.16. The smallest absolute Gasteiger partial charge is 0.123 e. The Hall–Kier alpha value is -1.09. The monoisotopic (exact) mass is 206 g/mol. The summed E-state index contributed by atoms with van der Waals surface area (Å²) in [4.78, 5) is 2.43. The summed E-state index contributed by atoms with van der Waals surface area (Å²) < 4.78 is 12.8. The van der Waals surface area contributed by atoms with E-state index in [0.29, 0.717) is 5.54 Å². The third-order valence-corrected chi connectivity index (χ3v) is 3.50. The summed E-state index contributed by atoms with van der Waals surface area (Å²) in [5, 5.41) is 3.43. The molecule has 2 nitrogen and oxygen atoms in total. The molecule has 0 atom stereocenters. The molecule has 3 rings (SSSR count). The van der Waals surface area contributed by atoms with Crippen molar-refractivity contribution in [1.29, 1.82) is 0 Å². The molecule has 1 spiro atoms. The number of benzene rings is 1. The first-order valence-corrected chi connectivity index (χ1v) is 5.54. The lowest BCUT2D eigenvalue weighted by Crippen LogP contribution is -2.53. The first-order chi connectivity index (χ1) is 7.30. The molecule has 1 aromatic carbocycles. The van der Waals surface area contributed by atoms with Crippen LogP contribution in [0.2, 0.25) is 0 Å². The van der Waals surface area contributed by atoms with Crippen LogP contribution in [0.1, 0.15) is 12.8 Å². The van der Waals surface area contributed by atoms with Gasteiger partial charge in [-0.25, -0.2) is 4.39 Å². The Labute approximate surface area is 89.1 Å². The normalized spacial score (nSPS) is 23.1. The molecule has 0 radical (unpaired) electrons. The van der Waals surface area contributed by atoms with Crippen molar-refractivity contribution >= 4 is 5.69 Å². The number of piperazine rings is 1. The van der Waals surface area contributed by atoms with Gasteiger partial charge in [0.15, 0.2) is 0 Å². The minimum absolute atomic E-state index is 0.154. The van der Waals surface area contributed by atoms with Gasteiger partial charge in [0.05, 0.1) is 5.54 Å². The van der Waals surface area contributed by atoms with Gasteiger partial charge < -0.3 is 10.2 Å². The summed E-state index contributed by atoms with van der Waals surface area (Å²) in [6, 6.07) is 6.88. The maximum absolute atomic E-state index is 12.8. The molecule has 1 aromatic rings. The highest BCUT2D eigenvalue weighted by Gasteiger charge is 2.49. The van der Waals surface area contributed by atoms with Gasteiger partial charge in [0.1, 0.15) is 5.82 Å². The summed E-state index contributed by atoms with van der Waals surface area (Å²) in [5.41, 5.74) is 1.51. The Kier molecular flexibility index (Phi) is 1.96. The van der Waals surface area contributed by atoms with Crippen LogP contribution in [0.5, 0.6) is 0 Å². The van der Waals surface area contributed by atoms with Crippen molar-refractivity contribution in [2.45, 2.75) is 18.4 Å². The molecule has 0 aromatic heterocycles. The summed E-state index contributed by atoms with van der Waals surface area (Å²) in [6.07, 6.45) is 2.52. The van der Waals surface area contributed by atoms with E-state index in [2.05, 4.69) is 10.2 Å². The molecule has 15 heavy (non-hydrogen) atoms. The van der Waals surface area contributed by atoms with Crippen LogP contribution in [0.25, 0.3) is 0 Å². The highest BCUT2D eigenvalue weighted by Crippen LogP contribution is 2.44. The van der Waals surface area contributed by atoms with Crippen molar-refractivity contribution in [2.75, 3.05) is 24.5 Å². The highest BCUT2D eigenvalue weighted by atomic mass is 19.1. The average molecular weight is 206 g/mol. The summed E-state index contributed by atoms with van der Waals surface area (Å²) in [6.45, 7) is 3.13. The first-order valence-electron chi connectivity index (χ1n) is 5.54. The molecule has 0 unspecified atom stereocenters. The molecule has 1 aliphatic carbocycles. The van der Waals surface area contributed by atoms with Crippen LogP contribution in [0, 0.1) is 5.82 Å². The SMILES string of the molecule is Fc1ccc(N2CCNCC23CC3)cc1. The third kappa shape index (κ3) is 1.51. The van der Waals surface area contributed by atoms with Crippen molar-refractivity contribution in [3.05, 3.63) is 30.1 Å². The van der Waals surface area contributed by atoms with Crippen LogP contribution in [-0.4, -0.2) is 25.2 Å². The Morgan fingerprint density at radius 1 is 1.20 bits per heavy atom. The van der Waals surface area contributed by atoms with Crippen molar-refractivity contribution in [3.63, 3.8) is 0 Å². The Bertz CT molecular complexity index is 356. The highest BCUT2D eigenvalue weighted by molar-refractivity contribution is 5.52. The van der Waals surface area contributed by atoms with Gasteiger partial charge in [0.2, 0.25) is 0 Å². The van der Waals surface area contributed by atoms with Crippen molar-refractivity contribution in [3.8, 4) is 0 Å². The molecule has 1 saturated heterocycles. The van der Waals surface area contributed by atoms with E-state index in [9.17, 15) is 4.39 Å². The summed E-state index contributed by atoms with van der Waals surface area (Å²) in [7, 11) is 0. The minimum Gasteiger partial charge on any atom is -0.363 e. The van der Waals surface area contributed by atoms with Gasteiger partial charge in [-0.2, -0.15) is 0 Å². The molecule has 80 valence electrons. The number of nitrogens with one attached hydrogen (secondary N) is 1.